The van der Waals surface area contributed by atoms with Crippen LogP contribution in [-0.4, -0.2) is 25.1 Å². The fourth-order valence-electron chi connectivity index (χ4n) is 1.94. The van der Waals surface area contributed by atoms with Crippen LogP contribution in [0, 0.1) is 6.92 Å². The average Bonchev–Trinajstić information content (AvgIpc) is 3.04. The number of thioether (sulfide) groups is 1. The van der Waals surface area contributed by atoms with E-state index in [4.69, 9.17) is 4.74 Å². The molecule has 2 heterocycles. The van der Waals surface area contributed by atoms with Crippen molar-refractivity contribution >= 4 is 28.1 Å². The fourth-order valence-corrected chi connectivity index (χ4v) is 3.37. The molecule has 7 heteroatoms. The molecule has 0 fully saturated rings. The summed E-state index contributed by atoms with van der Waals surface area (Å²) in [5, 5.41) is 14.4. The standard InChI is InChI=1S/C15H18N4OS2/c1-10(2)21-9-13-16-17-15-19(13)18-14(22-15)8-20-12-7-5-4-6-11(12)3/h4-7,10H,8-9H2,1-3H3. The van der Waals surface area contributed by atoms with Crippen molar-refractivity contribution in [1.82, 2.24) is 19.8 Å². The van der Waals surface area contributed by atoms with Crippen molar-refractivity contribution in [3.63, 3.8) is 0 Å². The highest BCUT2D eigenvalue weighted by atomic mass is 32.2. The Labute approximate surface area is 137 Å². The molecule has 3 rings (SSSR count). The Morgan fingerprint density at radius 2 is 2.09 bits per heavy atom. The van der Waals surface area contributed by atoms with Crippen LogP contribution in [0.15, 0.2) is 24.3 Å². The number of para-hydroxylation sites is 1. The molecule has 0 N–H and O–H groups in total. The van der Waals surface area contributed by atoms with E-state index in [0.29, 0.717) is 11.9 Å². The Bertz CT molecular complexity index is 766. The van der Waals surface area contributed by atoms with Crippen LogP contribution in [0.25, 0.3) is 4.96 Å². The fraction of sp³-hybridized carbons (Fsp3) is 0.400. The number of aromatic nitrogens is 4. The quantitative estimate of drug-likeness (QED) is 0.688. The first-order chi connectivity index (χ1) is 10.6. The molecule has 116 valence electrons. The predicted octanol–water partition coefficient (Wildman–Crippen LogP) is 3.71. The van der Waals surface area contributed by atoms with Crippen LogP contribution >= 0.6 is 23.1 Å². The van der Waals surface area contributed by atoms with E-state index in [-0.39, 0.29) is 0 Å². The van der Waals surface area contributed by atoms with Crippen LogP contribution < -0.4 is 4.74 Å². The lowest BCUT2D eigenvalue weighted by molar-refractivity contribution is 0.302. The van der Waals surface area contributed by atoms with E-state index in [1.54, 1.807) is 0 Å². The lowest BCUT2D eigenvalue weighted by Gasteiger charge is -2.06. The van der Waals surface area contributed by atoms with Crippen LogP contribution in [0.4, 0.5) is 0 Å². The van der Waals surface area contributed by atoms with Gasteiger partial charge in [-0.3, -0.25) is 0 Å². The molecule has 0 radical (unpaired) electrons. The minimum absolute atomic E-state index is 0.454. The lowest BCUT2D eigenvalue weighted by atomic mass is 10.2. The molecule has 0 saturated heterocycles. The minimum Gasteiger partial charge on any atom is -0.486 e. The molecule has 0 aliphatic rings. The van der Waals surface area contributed by atoms with Gasteiger partial charge in [0.1, 0.15) is 12.4 Å². The average molecular weight is 334 g/mol. The molecule has 0 aliphatic carbocycles. The zero-order valence-corrected chi connectivity index (χ0v) is 14.4. The Hall–Kier alpha value is -1.60. The number of hydrogen-bond acceptors (Lipinski definition) is 6. The Kier molecular flexibility index (Phi) is 4.63. The Morgan fingerprint density at radius 3 is 2.86 bits per heavy atom. The molecule has 5 nitrogen and oxygen atoms in total. The first kappa shape index (κ1) is 15.3. The van der Waals surface area contributed by atoms with Crippen molar-refractivity contribution in [2.24, 2.45) is 0 Å². The zero-order valence-electron chi connectivity index (χ0n) is 12.8. The van der Waals surface area contributed by atoms with E-state index in [9.17, 15) is 0 Å². The molecular formula is C15H18N4OS2. The van der Waals surface area contributed by atoms with Gasteiger partial charge >= 0.3 is 0 Å². The van der Waals surface area contributed by atoms with Crippen molar-refractivity contribution in [1.29, 1.82) is 0 Å². The summed E-state index contributed by atoms with van der Waals surface area (Å²) in [5.41, 5.74) is 1.12. The van der Waals surface area contributed by atoms with E-state index in [1.807, 2.05) is 47.5 Å². The van der Waals surface area contributed by atoms with Crippen LogP contribution in [0.1, 0.15) is 30.2 Å². The maximum Gasteiger partial charge on any atom is 0.234 e. The van der Waals surface area contributed by atoms with E-state index >= 15 is 0 Å². The van der Waals surface area contributed by atoms with E-state index in [0.717, 1.165) is 32.9 Å². The van der Waals surface area contributed by atoms with E-state index in [2.05, 4.69) is 29.1 Å². The van der Waals surface area contributed by atoms with Crippen molar-refractivity contribution in [3.8, 4) is 5.75 Å². The summed E-state index contributed by atoms with van der Waals surface area (Å²) in [6, 6.07) is 7.99. The van der Waals surface area contributed by atoms with Crippen molar-refractivity contribution in [2.75, 3.05) is 0 Å². The van der Waals surface area contributed by atoms with Gasteiger partial charge in [0, 0.05) is 0 Å². The normalized spacial score (nSPS) is 11.5. The van der Waals surface area contributed by atoms with Crippen LogP contribution in [0.5, 0.6) is 5.75 Å². The third-order valence-electron chi connectivity index (χ3n) is 3.09. The number of benzene rings is 1. The second-order valence-electron chi connectivity index (χ2n) is 5.22. The van der Waals surface area contributed by atoms with Gasteiger partial charge in [-0.05, 0) is 23.8 Å². The summed E-state index contributed by atoms with van der Waals surface area (Å²) in [5.74, 6) is 2.61. The van der Waals surface area contributed by atoms with Gasteiger partial charge in [-0.1, -0.05) is 43.4 Å². The SMILES string of the molecule is Cc1ccccc1OCc1nn2c(CSC(C)C)nnc2s1. The molecule has 22 heavy (non-hydrogen) atoms. The first-order valence-electron chi connectivity index (χ1n) is 7.13. The number of ether oxygens (including phenoxy) is 1. The van der Waals surface area contributed by atoms with Crippen LogP contribution in [-0.2, 0) is 12.4 Å². The maximum absolute atomic E-state index is 5.84. The summed E-state index contributed by atoms with van der Waals surface area (Å²) in [6.07, 6.45) is 0. The second kappa shape index (κ2) is 6.66. The third-order valence-corrected chi connectivity index (χ3v) is 5.05. The summed E-state index contributed by atoms with van der Waals surface area (Å²) in [6.45, 7) is 6.83. The summed E-state index contributed by atoms with van der Waals surface area (Å²) >= 11 is 3.36. The molecule has 1 aromatic carbocycles. The van der Waals surface area contributed by atoms with Gasteiger partial charge in [0.2, 0.25) is 4.96 Å². The highest BCUT2D eigenvalue weighted by Crippen LogP contribution is 2.22. The molecule has 0 amide bonds. The number of rotatable bonds is 6. The van der Waals surface area contributed by atoms with Gasteiger partial charge in [0.25, 0.3) is 0 Å². The highest BCUT2D eigenvalue weighted by molar-refractivity contribution is 7.99. The molecule has 0 spiro atoms. The van der Waals surface area contributed by atoms with Crippen molar-refractivity contribution in [2.45, 2.75) is 38.4 Å². The van der Waals surface area contributed by atoms with Gasteiger partial charge in [-0.25, -0.2) is 0 Å². The Morgan fingerprint density at radius 1 is 1.27 bits per heavy atom. The molecule has 0 unspecified atom stereocenters. The van der Waals surface area contributed by atoms with Gasteiger partial charge in [-0.15, -0.1) is 10.2 Å². The third kappa shape index (κ3) is 3.41. The molecule has 0 aliphatic heterocycles. The maximum atomic E-state index is 5.84. The monoisotopic (exact) mass is 334 g/mol. The summed E-state index contributed by atoms with van der Waals surface area (Å²) in [4.78, 5) is 0.822. The lowest BCUT2D eigenvalue weighted by Crippen LogP contribution is -2.00. The van der Waals surface area contributed by atoms with E-state index < -0.39 is 0 Å². The zero-order chi connectivity index (χ0) is 15.5. The highest BCUT2D eigenvalue weighted by Gasteiger charge is 2.13. The van der Waals surface area contributed by atoms with Gasteiger partial charge in [-0.2, -0.15) is 21.4 Å². The topological polar surface area (TPSA) is 52.3 Å². The smallest absolute Gasteiger partial charge is 0.234 e. The van der Waals surface area contributed by atoms with Crippen molar-refractivity contribution in [3.05, 3.63) is 40.7 Å². The van der Waals surface area contributed by atoms with E-state index in [1.165, 1.54) is 11.3 Å². The van der Waals surface area contributed by atoms with Gasteiger partial charge in [0.05, 0.1) is 5.75 Å². The van der Waals surface area contributed by atoms with Crippen LogP contribution in [0.2, 0.25) is 0 Å². The summed E-state index contributed by atoms with van der Waals surface area (Å²) < 4.78 is 7.67. The molecule has 3 aromatic rings. The minimum atomic E-state index is 0.454. The van der Waals surface area contributed by atoms with Crippen molar-refractivity contribution < 1.29 is 4.74 Å². The summed E-state index contributed by atoms with van der Waals surface area (Å²) in [7, 11) is 0. The second-order valence-corrected chi connectivity index (χ2v) is 7.83. The number of aryl methyl sites for hydroxylation is 1. The number of nitrogens with zero attached hydrogens (tertiary/aromatic N) is 4. The molecular weight excluding hydrogens is 316 g/mol. The number of hydrogen-bond donors (Lipinski definition) is 0. The Balaban J connectivity index is 1.71. The first-order valence-corrected chi connectivity index (χ1v) is 9.00. The largest absolute Gasteiger partial charge is 0.486 e. The molecule has 0 bridgehead atoms. The van der Waals surface area contributed by atoms with Crippen LogP contribution in [0.3, 0.4) is 0 Å². The van der Waals surface area contributed by atoms with Gasteiger partial charge < -0.3 is 4.74 Å². The number of fused-ring (bicyclic) bond motifs is 1. The van der Waals surface area contributed by atoms with Gasteiger partial charge in [0.15, 0.2) is 10.8 Å². The molecule has 0 saturated carbocycles. The molecule has 2 aromatic heterocycles. The predicted molar refractivity (Wildman–Crippen MR) is 90.6 cm³/mol. The molecule has 0 atom stereocenters.